The number of methoxy groups -OCH3 is 1. The molecule has 0 saturated carbocycles. The number of rotatable bonds is 3. The van der Waals surface area contributed by atoms with E-state index in [1.165, 1.54) is 6.07 Å². The highest BCUT2D eigenvalue weighted by atomic mass is 19.1. The number of halogens is 1. The zero-order valence-corrected chi connectivity index (χ0v) is 19.8. The molecule has 3 aliphatic rings. The number of nitrogens with zero attached hydrogens (tertiary/aromatic N) is 4. The number of oxime groups is 1. The van der Waals surface area contributed by atoms with Gasteiger partial charge in [0.1, 0.15) is 29.5 Å². The lowest BCUT2D eigenvalue weighted by Gasteiger charge is -2.51. The van der Waals surface area contributed by atoms with Crippen molar-refractivity contribution >= 4 is 11.9 Å². The smallest absolute Gasteiger partial charge is 0.172 e. The van der Waals surface area contributed by atoms with E-state index >= 15 is 0 Å². The second-order valence-electron chi connectivity index (χ2n) is 9.24. The zero-order chi connectivity index (χ0) is 24.0. The second-order valence-corrected chi connectivity index (χ2v) is 9.24. The zero-order valence-electron chi connectivity index (χ0n) is 19.8. The van der Waals surface area contributed by atoms with Gasteiger partial charge in [-0.25, -0.2) is 9.37 Å². The molecule has 0 radical (unpaired) electrons. The Morgan fingerprint density at radius 1 is 1.20 bits per heavy atom. The summed E-state index contributed by atoms with van der Waals surface area (Å²) in [6, 6.07) is 10.9. The molecule has 1 spiro atoms. The Morgan fingerprint density at radius 2 is 2.11 bits per heavy atom. The van der Waals surface area contributed by atoms with E-state index in [0.29, 0.717) is 25.4 Å². The van der Waals surface area contributed by atoms with Crippen LogP contribution in [0.5, 0.6) is 11.5 Å². The van der Waals surface area contributed by atoms with Crippen molar-refractivity contribution in [3.63, 3.8) is 0 Å². The molecule has 0 aliphatic carbocycles. The molecule has 1 atom stereocenters. The number of benzene rings is 2. The van der Waals surface area contributed by atoms with Gasteiger partial charge in [0, 0.05) is 24.7 Å². The summed E-state index contributed by atoms with van der Waals surface area (Å²) in [7, 11) is 1.67. The Labute approximate surface area is 203 Å². The van der Waals surface area contributed by atoms with E-state index in [-0.39, 0.29) is 5.82 Å². The molecule has 6 rings (SSSR count). The van der Waals surface area contributed by atoms with Crippen molar-refractivity contribution in [3.8, 4) is 17.2 Å². The number of amidine groups is 1. The highest BCUT2D eigenvalue weighted by Gasteiger charge is 2.49. The monoisotopic (exact) mass is 474 g/mol. The minimum atomic E-state index is -0.493. The predicted molar refractivity (Wildman–Crippen MR) is 130 cm³/mol. The number of hydrogen-bond donors (Lipinski definition) is 0. The highest BCUT2D eigenvalue weighted by Crippen LogP contribution is 2.46. The standard InChI is InChI=1S/C27H27FN4O3/c1-18-15-31(17-29-18)23-7-5-19(13-25(23)33-2)12-20-4-3-10-32-26(20)30-35-16-27(32)9-11-34-24-8-6-21(28)14-22(24)27/h5-8,12-15,17H,3-4,9-11,16H2,1-2H3/t27-/m1/s1. The van der Waals surface area contributed by atoms with Crippen LogP contribution in [0.25, 0.3) is 11.8 Å². The Hall–Kier alpha value is -3.81. The van der Waals surface area contributed by atoms with Gasteiger partial charge in [0.25, 0.3) is 0 Å². The maximum Gasteiger partial charge on any atom is 0.172 e. The minimum Gasteiger partial charge on any atom is -0.495 e. The number of hydrogen-bond acceptors (Lipinski definition) is 6. The van der Waals surface area contributed by atoms with Crippen molar-refractivity contribution in [1.82, 2.24) is 14.5 Å². The molecule has 0 amide bonds. The average Bonchev–Trinajstić information content (AvgIpc) is 3.31. The molecular weight excluding hydrogens is 447 g/mol. The molecule has 0 unspecified atom stereocenters. The summed E-state index contributed by atoms with van der Waals surface area (Å²) >= 11 is 0. The summed E-state index contributed by atoms with van der Waals surface area (Å²) in [5.74, 6) is 2.02. The SMILES string of the molecule is COc1cc(C=C2CCCN3C2=NOC[C@@]32CCOc3ccc(F)cc32)ccc1-n1cnc(C)c1. The number of piperidine rings is 1. The van der Waals surface area contributed by atoms with Crippen LogP contribution < -0.4 is 9.47 Å². The molecule has 2 aromatic carbocycles. The van der Waals surface area contributed by atoms with Gasteiger partial charge in [0.2, 0.25) is 0 Å². The van der Waals surface area contributed by atoms with E-state index in [4.69, 9.17) is 14.3 Å². The largest absolute Gasteiger partial charge is 0.495 e. The van der Waals surface area contributed by atoms with Crippen LogP contribution in [-0.4, -0.2) is 47.2 Å². The lowest BCUT2D eigenvalue weighted by molar-refractivity contribution is -0.0290. The van der Waals surface area contributed by atoms with Crippen LogP contribution in [0.1, 0.15) is 36.1 Å². The van der Waals surface area contributed by atoms with Gasteiger partial charge < -0.3 is 23.8 Å². The van der Waals surface area contributed by atoms with Gasteiger partial charge >= 0.3 is 0 Å². The highest BCUT2D eigenvalue weighted by molar-refractivity contribution is 6.03. The number of fused-ring (bicyclic) bond motifs is 4. The summed E-state index contributed by atoms with van der Waals surface area (Å²) in [4.78, 5) is 12.4. The first kappa shape index (κ1) is 21.7. The summed E-state index contributed by atoms with van der Waals surface area (Å²) in [5.41, 5.74) is 4.32. The molecule has 1 aromatic heterocycles. The molecule has 180 valence electrons. The van der Waals surface area contributed by atoms with Gasteiger partial charge in [0.05, 0.1) is 31.4 Å². The van der Waals surface area contributed by atoms with E-state index in [1.54, 1.807) is 25.6 Å². The first-order chi connectivity index (χ1) is 17.1. The van der Waals surface area contributed by atoms with Gasteiger partial charge in [-0.2, -0.15) is 0 Å². The van der Waals surface area contributed by atoms with E-state index in [1.807, 2.05) is 29.8 Å². The van der Waals surface area contributed by atoms with Crippen LogP contribution in [0.15, 0.2) is 59.7 Å². The predicted octanol–water partition coefficient (Wildman–Crippen LogP) is 4.83. The number of imidazole rings is 1. The van der Waals surface area contributed by atoms with Crippen molar-refractivity contribution in [3.05, 3.63) is 77.1 Å². The Kier molecular flexibility index (Phi) is 5.24. The molecule has 0 N–H and O–H groups in total. The van der Waals surface area contributed by atoms with Crippen LogP contribution in [0.4, 0.5) is 4.39 Å². The average molecular weight is 475 g/mol. The van der Waals surface area contributed by atoms with Crippen molar-refractivity contribution in [2.75, 3.05) is 26.9 Å². The lowest BCUT2D eigenvalue weighted by atomic mass is 9.80. The second kappa shape index (κ2) is 8.45. The van der Waals surface area contributed by atoms with Gasteiger partial charge in [0.15, 0.2) is 5.84 Å². The molecule has 1 saturated heterocycles. The molecule has 3 aliphatic heterocycles. The van der Waals surface area contributed by atoms with E-state index in [9.17, 15) is 4.39 Å². The summed E-state index contributed by atoms with van der Waals surface area (Å²) in [6.07, 6.45) is 8.46. The first-order valence-electron chi connectivity index (χ1n) is 11.9. The molecule has 4 heterocycles. The fraction of sp³-hybridized carbons (Fsp3) is 0.333. The number of aromatic nitrogens is 2. The number of ether oxygens (including phenoxy) is 2. The van der Waals surface area contributed by atoms with E-state index in [0.717, 1.165) is 59.1 Å². The van der Waals surface area contributed by atoms with Gasteiger partial charge in [-0.05, 0) is 67.3 Å². The van der Waals surface area contributed by atoms with Gasteiger partial charge in [-0.3, -0.25) is 0 Å². The third-order valence-corrected chi connectivity index (χ3v) is 7.09. The molecular formula is C27H27FN4O3. The van der Waals surface area contributed by atoms with Crippen LogP contribution in [0.3, 0.4) is 0 Å². The van der Waals surface area contributed by atoms with Crippen molar-refractivity contribution in [1.29, 1.82) is 0 Å². The molecule has 3 aromatic rings. The third kappa shape index (κ3) is 3.64. The van der Waals surface area contributed by atoms with Crippen LogP contribution in [-0.2, 0) is 10.4 Å². The summed E-state index contributed by atoms with van der Waals surface area (Å²) in [6.45, 7) is 3.72. The normalized spacial score (nSPS) is 22.2. The van der Waals surface area contributed by atoms with Crippen LogP contribution in [0, 0.1) is 12.7 Å². The summed E-state index contributed by atoms with van der Waals surface area (Å²) in [5, 5.41) is 4.48. The van der Waals surface area contributed by atoms with Crippen LogP contribution >= 0.6 is 0 Å². The first-order valence-corrected chi connectivity index (χ1v) is 11.9. The third-order valence-electron chi connectivity index (χ3n) is 7.09. The molecule has 8 heteroatoms. The molecule has 1 fully saturated rings. The van der Waals surface area contributed by atoms with Crippen molar-refractivity contribution in [2.24, 2.45) is 5.16 Å². The summed E-state index contributed by atoms with van der Waals surface area (Å²) < 4.78 is 27.8. The maximum atomic E-state index is 14.3. The maximum absolute atomic E-state index is 14.3. The van der Waals surface area contributed by atoms with Crippen molar-refractivity contribution < 1.29 is 18.7 Å². The van der Waals surface area contributed by atoms with Crippen LogP contribution in [0.2, 0.25) is 0 Å². The Bertz CT molecular complexity index is 1350. The Morgan fingerprint density at radius 3 is 2.94 bits per heavy atom. The quantitative estimate of drug-likeness (QED) is 0.544. The van der Waals surface area contributed by atoms with Gasteiger partial charge in [-0.1, -0.05) is 11.2 Å². The van der Waals surface area contributed by atoms with Gasteiger partial charge in [-0.15, -0.1) is 0 Å². The van der Waals surface area contributed by atoms with E-state index < -0.39 is 5.54 Å². The molecule has 0 bridgehead atoms. The topological polar surface area (TPSA) is 61.1 Å². The Balaban J connectivity index is 1.37. The molecule has 7 nitrogen and oxygen atoms in total. The molecule has 35 heavy (non-hydrogen) atoms. The minimum absolute atomic E-state index is 0.272. The lowest BCUT2D eigenvalue weighted by Crippen LogP contribution is -2.58. The number of aryl methyl sites for hydroxylation is 1. The fourth-order valence-electron chi connectivity index (χ4n) is 5.40. The fourth-order valence-corrected chi connectivity index (χ4v) is 5.40. The van der Waals surface area contributed by atoms with Crippen molar-refractivity contribution in [2.45, 2.75) is 31.7 Å². The van der Waals surface area contributed by atoms with E-state index in [2.05, 4.69) is 27.2 Å².